The highest BCUT2D eigenvalue weighted by Crippen LogP contribution is 2.33. The van der Waals surface area contributed by atoms with E-state index in [1.165, 1.54) is 11.0 Å². The van der Waals surface area contributed by atoms with Crippen LogP contribution in [0, 0.1) is 0 Å². The zero-order chi connectivity index (χ0) is 14.0. The van der Waals surface area contributed by atoms with E-state index in [-0.39, 0.29) is 23.8 Å². The molecule has 0 aliphatic carbocycles. The Kier molecular flexibility index (Phi) is 3.90. The normalized spacial score (nSPS) is 19.0. The molecule has 1 aliphatic heterocycles. The Hall–Kier alpha value is -1.82. The summed E-state index contributed by atoms with van der Waals surface area (Å²) >= 11 is 1.14. The Morgan fingerprint density at radius 3 is 2.68 bits per heavy atom. The van der Waals surface area contributed by atoms with E-state index >= 15 is 0 Å². The molecule has 1 saturated heterocycles. The Morgan fingerprint density at radius 2 is 2.11 bits per heavy atom. The number of hydrogen-bond donors (Lipinski definition) is 1. The molecule has 2 amide bonds. The number of aromatic carboxylic acids is 1. The number of hydrogen-bond acceptors (Lipinski definition) is 4. The molecular formula is C13H13NO4S. The first kappa shape index (κ1) is 13.6. The molecule has 1 aromatic rings. The summed E-state index contributed by atoms with van der Waals surface area (Å²) in [5, 5.41) is 8.56. The molecule has 0 bridgehead atoms. The van der Waals surface area contributed by atoms with Gasteiger partial charge in [-0.25, -0.2) is 4.79 Å². The van der Waals surface area contributed by atoms with Crippen LogP contribution < -0.4 is 0 Å². The lowest BCUT2D eigenvalue weighted by Crippen LogP contribution is -2.30. The van der Waals surface area contributed by atoms with Crippen LogP contribution in [-0.2, 0) is 9.59 Å². The summed E-state index contributed by atoms with van der Waals surface area (Å²) in [7, 11) is 0. The van der Waals surface area contributed by atoms with Gasteiger partial charge in [0.15, 0.2) is 0 Å². The van der Waals surface area contributed by atoms with Crippen molar-refractivity contribution in [3.05, 3.63) is 29.8 Å². The van der Waals surface area contributed by atoms with Gasteiger partial charge < -0.3 is 5.11 Å². The number of rotatable bonds is 4. The number of nitrogens with zero attached hydrogens (tertiary/aromatic N) is 1. The molecular weight excluding hydrogens is 266 g/mol. The second-order valence-electron chi connectivity index (χ2n) is 4.09. The van der Waals surface area contributed by atoms with Gasteiger partial charge in [-0.3, -0.25) is 14.5 Å². The highest BCUT2D eigenvalue weighted by atomic mass is 32.2. The predicted octanol–water partition coefficient (Wildman–Crippen LogP) is 1.62. The van der Waals surface area contributed by atoms with Gasteiger partial charge in [0, 0.05) is 17.9 Å². The van der Waals surface area contributed by atoms with E-state index in [9.17, 15) is 14.4 Å². The number of carbonyl (C=O) groups excluding carboxylic acids is 2. The fourth-order valence-electron chi connectivity index (χ4n) is 1.98. The molecule has 6 heteroatoms. The molecule has 1 atom stereocenters. The lowest BCUT2D eigenvalue weighted by Gasteiger charge is -2.12. The summed E-state index contributed by atoms with van der Waals surface area (Å²) in [6.07, 6.45) is 0.130. The first-order valence-electron chi connectivity index (χ1n) is 5.87. The SMILES string of the molecule is CCN1C(=O)C[C@@H](Sc2ccccc2C(=O)O)C1=O. The van der Waals surface area contributed by atoms with Gasteiger partial charge in [-0.1, -0.05) is 12.1 Å². The van der Waals surface area contributed by atoms with Crippen molar-refractivity contribution in [2.45, 2.75) is 23.5 Å². The standard InChI is InChI=1S/C13H13NO4S/c1-2-14-11(15)7-10(12(14)16)19-9-6-4-3-5-8(9)13(17)18/h3-6,10H,2,7H2,1H3,(H,17,18)/t10-/m1/s1. The number of carbonyl (C=O) groups is 3. The molecule has 0 spiro atoms. The van der Waals surface area contributed by atoms with E-state index in [4.69, 9.17) is 5.11 Å². The summed E-state index contributed by atoms with van der Waals surface area (Å²) in [6, 6.07) is 6.49. The van der Waals surface area contributed by atoms with Crippen molar-refractivity contribution in [1.82, 2.24) is 4.90 Å². The summed E-state index contributed by atoms with van der Waals surface area (Å²) in [6.45, 7) is 2.10. The van der Waals surface area contributed by atoms with Gasteiger partial charge in [-0.05, 0) is 19.1 Å². The van der Waals surface area contributed by atoms with Gasteiger partial charge in [0.25, 0.3) is 0 Å². The van der Waals surface area contributed by atoms with Crippen LogP contribution in [0.15, 0.2) is 29.2 Å². The van der Waals surface area contributed by atoms with E-state index in [2.05, 4.69) is 0 Å². The van der Waals surface area contributed by atoms with Crippen LogP contribution in [0.5, 0.6) is 0 Å². The maximum absolute atomic E-state index is 12.0. The summed E-state index contributed by atoms with van der Waals surface area (Å²) in [4.78, 5) is 36.4. The monoisotopic (exact) mass is 279 g/mol. The Balaban J connectivity index is 2.21. The summed E-state index contributed by atoms with van der Waals surface area (Å²) < 4.78 is 0. The predicted molar refractivity (Wildman–Crippen MR) is 70.1 cm³/mol. The van der Waals surface area contributed by atoms with E-state index < -0.39 is 11.2 Å². The number of likely N-dealkylation sites (tertiary alicyclic amines) is 1. The van der Waals surface area contributed by atoms with Crippen LogP contribution >= 0.6 is 11.8 Å². The van der Waals surface area contributed by atoms with Gasteiger partial charge in [-0.2, -0.15) is 0 Å². The maximum atomic E-state index is 12.0. The number of carboxylic acid groups (broad SMARTS) is 1. The lowest BCUT2D eigenvalue weighted by molar-refractivity contribution is -0.137. The van der Waals surface area contributed by atoms with Crippen molar-refractivity contribution in [3.8, 4) is 0 Å². The maximum Gasteiger partial charge on any atom is 0.336 e. The minimum absolute atomic E-state index is 0.130. The van der Waals surface area contributed by atoms with Crippen molar-refractivity contribution in [1.29, 1.82) is 0 Å². The van der Waals surface area contributed by atoms with Crippen molar-refractivity contribution < 1.29 is 19.5 Å². The molecule has 1 aromatic carbocycles. The topological polar surface area (TPSA) is 74.7 Å². The molecule has 1 aliphatic rings. The molecule has 1 fully saturated rings. The second kappa shape index (κ2) is 5.44. The largest absolute Gasteiger partial charge is 0.478 e. The van der Waals surface area contributed by atoms with E-state index in [0.29, 0.717) is 11.4 Å². The van der Waals surface area contributed by atoms with Crippen molar-refractivity contribution >= 4 is 29.5 Å². The lowest BCUT2D eigenvalue weighted by atomic mass is 10.2. The molecule has 5 nitrogen and oxygen atoms in total. The number of thioether (sulfide) groups is 1. The molecule has 0 aromatic heterocycles. The van der Waals surface area contributed by atoms with Gasteiger partial charge >= 0.3 is 5.97 Å². The van der Waals surface area contributed by atoms with Crippen molar-refractivity contribution in [3.63, 3.8) is 0 Å². The fraction of sp³-hybridized carbons (Fsp3) is 0.308. The first-order chi connectivity index (χ1) is 9.04. The number of amides is 2. The van der Waals surface area contributed by atoms with Crippen LogP contribution in [0.3, 0.4) is 0 Å². The Labute approximate surface area is 114 Å². The average molecular weight is 279 g/mol. The number of benzene rings is 1. The highest BCUT2D eigenvalue weighted by molar-refractivity contribution is 8.00. The summed E-state index contributed by atoms with van der Waals surface area (Å²) in [5.74, 6) is -1.47. The highest BCUT2D eigenvalue weighted by Gasteiger charge is 2.38. The first-order valence-corrected chi connectivity index (χ1v) is 6.75. The zero-order valence-electron chi connectivity index (χ0n) is 10.3. The van der Waals surface area contributed by atoms with Crippen LogP contribution in [0.4, 0.5) is 0 Å². The van der Waals surface area contributed by atoms with Crippen LogP contribution in [-0.4, -0.2) is 39.6 Å². The van der Waals surface area contributed by atoms with Crippen LogP contribution in [0.1, 0.15) is 23.7 Å². The van der Waals surface area contributed by atoms with E-state index in [1.807, 2.05) is 0 Å². The fourth-order valence-corrected chi connectivity index (χ4v) is 3.18. The Morgan fingerprint density at radius 1 is 1.42 bits per heavy atom. The molecule has 2 rings (SSSR count). The number of carboxylic acids is 1. The third-order valence-corrected chi connectivity index (χ3v) is 4.17. The van der Waals surface area contributed by atoms with Crippen LogP contribution in [0.25, 0.3) is 0 Å². The van der Waals surface area contributed by atoms with Crippen molar-refractivity contribution in [2.24, 2.45) is 0 Å². The smallest absolute Gasteiger partial charge is 0.336 e. The van der Waals surface area contributed by atoms with Gasteiger partial charge in [-0.15, -0.1) is 11.8 Å². The minimum atomic E-state index is -1.03. The van der Waals surface area contributed by atoms with Gasteiger partial charge in [0.05, 0.1) is 10.8 Å². The van der Waals surface area contributed by atoms with Gasteiger partial charge in [0.1, 0.15) is 0 Å². The summed E-state index contributed by atoms with van der Waals surface area (Å²) in [5.41, 5.74) is 0.155. The zero-order valence-corrected chi connectivity index (χ0v) is 11.1. The van der Waals surface area contributed by atoms with Crippen LogP contribution in [0.2, 0.25) is 0 Å². The van der Waals surface area contributed by atoms with E-state index in [0.717, 1.165) is 11.8 Å². The second-order valence-corrected chi connectivity index (χ2v) is 5.33. The van der Waals surface area contributed by atoms with E-state index in [1.54, 1.807) is 25.1 Å². The molecule has 19 heavy (non-hydrogen) atoms. The number of imide groups is 1. The third kappa shape index (κ3) is 2.63. The molecule has 1 heterocycles. The Bertz CT molecular complexity index is 543. The van der Waals surface area contributed by atoms with Gasteiger partial charge in [0.2, 0.25) is 11.8 Å². The molecule has 0 saturated carbocycles. The molecule has 0 unspecified atom stereocenters. The molecule has 100 valence electrons. The third-order valence-electron chi connectivity index (χ3n) is 2.91. The minimum Gasteiger partial charge on any atom is -0.478 e. The molecule has 0 radical (unpaired) electrons. The average Bonchev–Trinajstić information content (AvgIpc) is 2.64. The quantitative estimate of drug-likeness (QED) is 0.848. The van der Waals surface area contributed by atoms with Crippen molar-refractivity contribution in [2.75, 3.05) is 6.54 Å². The molecule has 1 N–H and O–H groups in total.